The minimum Gasteiger partial charge on any atom is -0.376 e. The minimum atomic E-state index is -1.41. The number of halogens is 1. The fraction of sp³-hybridized carbons (Fsp3) is 0.0294. The third-order valence-electron chi connectivity index (χ3n) is 7.36. The van der Waals surface area contributed by atoms with Gasteiger partial charge in [-0.1, -0.05) is 133 Å². The summed E-state index contributed by atoms with van der Waals surface area (Å²) in [4.78, 5) is 5.11. The van der Waals surface area contributed by atoms with Crippen LogP contribution in [-0.4, -0.2) is 10.1 Å². The quantitative estimate of drug-likeness (QED) is 0.267. The zero-order valence-corrected chi connectivity index (χ0v) is 20.7. The van der Waals surface area contributed by atoms with Gasteiger partial charge in [0.15, 0.2) is 0 Å². The van der Waals surface area contributed by atoms with Crippen molar-refractivity contribution in [3.05, 3.63) is 149 Å². The first-order valence-corrected chi connectivity index (χ1v) is 12.7. The summed E-state index contributed by atoms with van der Waals surface area (Å²) >= 11 is 6.75. The van der Waals surface area contributed by atoms with Crippen molar-refractivity contribution in [3.8, 4) is 33.5 Å². The van der Waals surface area contributed by atoms with Gasteiger partial charge in [-0.2, -0.15) is 0 Å². The Morgan fingerprint density at radius 3 is 1.84 bits per heavy atom. The van der Waals surface area contributed by atoms with Crippen LogP contribution in [0, 0.1) is 0 Å². The molecule has 176 valence electrons. The molecule has 7 rings (SSSR count). The molecule has 1 aliphatic rings. The van der Waals surface area contributed by atoms with E-state index in [2.05, 4.69) is 36.4 Å². The molecule has 1 atom stereocenters. The van der Waals surface area contributed by atoms with Crippen LogP contribution < -0.4 is 0 Å². The van der Waals surface area contributed by atoms with Crippen molar-refractivity contribution in [1.29, 1.82) is 0 Å². The molecule has 1 aromatic heterocycles. The van der Waals surface area contributed by atoms with E-state index in [0.717, 1.165) is 55.6 Å². The van der Waals surface area contributed by atoms with E-state index in [0.29, 0.717) is 10.5 Å². The van der Waals surface area contributed by atoms with Gasteiger partial charge in [0.1, 0.15) is 5.60 Å². The first-order valence-electron chi connectivity index (χ1n) is 12.3. The number of para-hydroxylation sites is 1. The molecule has 0 aliphatic heterocycles. The van der Waals surface area contributed by atoms with E-state index < -0.39 is 5.60 Å². The Morgan fingerprint density at radius 2 is 1.14 bits per heavy atom. The summed E-state index contributed by atoms with van der Waals surface area (Å²) in [6.07, 6.45) is 0. The van der Waals surface area contributed by atoms with Crippen LogP contribution in [0.1, 0.15) is 16.7 Å². The lowest BCUT2D eigenvalue weighted by Gasteiger charge is -2.30. The monoisotopic (exact) mass is 495 g/mol. The average molecular weight is 496 g/mol. The molecular formula is C34H22ClNO. The Labute approximate surface area is 220 Å². The molecule has 0 saturated carbocycles. The summed E-state index contributed by atoms with van der Waals surface area (Å²) in [6.45, 7) is 0. The van der Waals surface area contributed by atoms with E-state index in [1.807, 2.05) is 91.0 Å². The largest absolute Gasteiger partial charge is 0.376 e. The highest BCUT2D eigenvalue weighted by Crippen LogP contribution is 2.57. The third kappa shape index (κ3) is 3.20. The molecule has 0 saturated heterocycles. The zero-order valence-electron chi connectivity index (χ0n) is 19.9. The van der Waals surface area contributed by atoms with Gasteiger partial charge in [-0.05, 0) is 22.8 Å². The number of fused-ring (bicyclic) bond motifs is 5. The van der Waals surface area contributed by atoms with E-state index in [4.69, 9.17) is 16.6 Å². The van der Waals surface area contributed by atoms with Crippen molar-refractivity contribution in [2.24, 2.45) is 0 Å². The normalized spacial score (nSPS) is 15.9. The zero-order chi connectivity index (χ0) is 25.0. The van der Waals surface area contributed by atoms with Crippen LogP contribution in [0.4, 0.5) is 0 Å². The maximum absolute atomic E-state index is 13.1. The Balaban J connectivity index is 1.67. The third-order valence-corrected chi connectivity index (χ3v) is 7.67. The van der Waals surface area contributed by atoms with Gasteiger partial charge < -0.3 is 5.11 Å². The molecule has 1 aliphatic carbocycles. The number of benzene rings is 5. The summed E-state index contributed by atoms with van der Waals surface area (Å²) in [5.74, 6) is 0. The summed E-state index contributed by atoms with van der Waals surface area (Å²) in [5, 5.41) is 14.5. The first kappa shape index (κ1) is 22.0. The molecule has 1 N–H and O–H groups in total. The van der Waals surface area contributed by atoms with Crippen molar-refractivity contribution in [2.75, 3.05) is 0 Å². The van der Waals surface area contributed by atoms with Crippen LogP contribution in [-0.2, 0) is 5.60 Å². The predicted molar refractivity (Wildman–Crippen MR) is 152 cm³/mol. The number of aromatic nitrogens is 1. The second kappa shape index (κ2) is 8.41. The van der Waals surface area contributed by atoms with Crippen molar-refractivity contribution >= 4 is 22.5 Å². The summed E-state index contributed by atoms with van der Waals surface area (Å²) in [5.41, 5.74) is 7.55. The van der Waals surface area contributed by atoms with Crippen LogP contribution >= 0.6 is 11.6 Å². The summed E-state index contributed by atoms with van der Waals surface area (Å²) < 4.78 is 0. The van der Waals surface area contributed by atoms with Crippen molar-refractivity contribution in [2.45, 2.75) is 5.60 Å². The minimum absolute atomic E-state index is 0.562. The van der Waals surface area contributed by atoms with Gasteiger partial charge in [0.25, 0.3) is 0 Å². The number of hydrogen-bond acceptors (Lipinski definition) is 2. The standard InChI is InChI=1S/C34H22ClNO/c35-29-21-11-18-26-31-30(32(36-33(26)29)23-14-5-2-6-15-23)25-17-8-10-20-28(25)34(31,37)27-19-9-7-16-24(27)22-12-3-1-4-13-22/h1-21,37H. The van der Waals surface area contributed by atoms with Gasteiger partial charge >= 0.3 is 0 Å². The summed E-state index contributed by atoms with van der Waals surface area (Å²) in [6, 6.07) is 42.4. The number of aliphatic hydroxyl groups is 1. The fourth-order valence-corrected chi connectivity index (χ4v) is 6.01. The van der Waals surface area contributed by atoms with Gasteiger partial charge in [0.05, 0.1) is 16.2 Å². The van der Waals surface area contributed by atoms with Gasteiger partial charge in [-0.25, -0.2) is 4.98 Å². The smallest absolute Gasteiger partial charge is 0.143 e. The fourth-order valence-electron chi connectivity index (χ4n) is 5.79. The Morgan fingerprint density at radius 1 is 0.568 bits per heavy atom. The molecular weight excluding hydrogens is 474 g/mol. The molecule has 3 heteroatoms. The Kier molecular flexibility index (Phi) is 5.00. The predicted octanol–water partition coefficient (Wildman–Crippen LogP) is 8.49. The SMILES string of the molecule is OC1(c2ccccc2-c2ccccc2)c2ccccc2-c2c(-c3ccccc3)nc3c(Cl)cccc3c21. The van der Waals surface area contributed by atoms with Gasteiger partial charge in [0.2, 0.25) is 0 Å². The van der Waals surface area contributed by atoms with Crippen LogP contribution in [0.5, 0.6) is 0 Å². The van der Waals surface area contributed by atoms with Gasteiger partial charge in [-0.3, -0.25) is 0 Å². The molecule has 6 aromatic rings. The maximum atomic E-state index is 13.1. The molecule has 2 nitrogen and oxygen atoms in total. The van der Waals surface area contributed by atoms with Crippen LogP contribution in [0.2, 0.25) is 5.02 Å². The lowest BCUT2D eigenvalue weighted by atomic mass is 9.79. The van der Waals surface area contributed by atoms with Crippen LogP contribution in [0.25, 0.3) is 44.4 Å². The number of rotatable bonds is 3. The van der Waals surface area contributed by atoms with Gasteiger partial charge in [0, 0.05) is 33.2 Å². The molecule has 0 fully saturated rings. The highest BCUT2D eigenvalue weighted by Gasteiger charge is 2.47. The molecule has 0 spiro atoms. The topological polar surface area (TPSA) is 33.1 Å². The first-order chi connectivity index (χ1) is 18.2. The van der Waals surface area contributed by atoms with E-state index in [-0.39, 0.29) is 0 Å². The number of nitrogens with zero attached hydrogens (tertiary/aromatic N) is 1. The maximum Gasteiger partial charge on any atom is 0.143 e. The highest BCUT2D eigenvalue weighted by atomic mass is 35.5. The van der Waals surface area contributed by atoms with E-state index >= 15 is 0 Å². The Bertz CT molecular complexity index is 1800. The molecule has 1 unspecified atom stereocenters. The summed E-state index contributed by atoms with van der Waals surface area (Å²) in [7, 11) is 0. The average Bonchev–Trinajstić information content (AvgIpc) is 3.24. The van der Waals surface area contributed by atoms with Gasteiger partial charge in [-0.15, -0.1) is 0 Å². The van der Waals surface area contributed by atoms with E-state index in [9.17, 15) is 5.11 Å². The molecule has 0 radical (unpaired) electrons. The highest BCUT2D eigenvalue weighted by molar-refractivity contribution is 6.35. The van der Waals surface area contributed by atoms with Crippen molar-refractivity contribution < 1.29 is 5.11 Å². The van der Waals surface area contributed by atoms with Crippen molar-refractivity contribution in [3.63, 3.8) is 0 Å². The molecule has 0 bridgehead atoms. The lowest BCUT2D eigenvalue weighted by Crippen LogP contribution is -2.27. The lowest BCUT2D eigenvalue weighted by molar-refractivity contribution is 0.133. The number of hydrogen-bond donors (Lipinski definition) is 1. The Hall–Kier alpha value is -4.24. The van der Waals surface area contributed by atoms with E-state index in [1.54, 1.807) is 0 Å². The van der Waals surface area contributed by atoms with Crippen LogP contribution in [0.15, 0.2) is 127 Å². The van der Waals surface area contributed by atoms with Crippen LogP contribution in [0.3, 0.4) is 0 Å². The molecule has 1 heterocycles. The number of pyridine rings is 1. The van der Waals surface area contributed by atoms with Crippen molar-refractivity contribution in [1.82, 2.24) is 4.98 Å². The second-order valence-electron chi connectivity index (χ2n) is 9.38. The second-order valence-corrected chi connectivity index (χ2v) is 9.79. The molecule has 37 heavy (non-hydrogen) atoms. The van der Waals surface area contributed by atoms with E-state index in [1.165, 1.54) is 0 Å². The molecule has 0 amide bonds. The molecule has 5 aromatic carbocycles.